The number of carboxylic acid groups (broad SMARTS) is 1. The minimum absolute atomic E-state index is 0.171. The van der Waals surface area contributed by atoms with E-state index in [0.29, 0.717) is 23.0 Å². The van der Waals surface area contributed by atoms with Gasteiger partial charge in [0.1, 0.15) is 5.75 Å². The number of hydrogen-bond donors (Lipinski definition) is 1. The third-order valence-electron chi connectivity index (χ3n) is 2.96. The molecule has 2 aromatic carbocycles. The van der Waals surface area contributed by atoms with E-state index in [1.54, 1.807) is 12.1 Å². The molecule has 110 valence electrons. The number of nitrogens with zero attached hydrogens (tertiary/aromatic N) is 2. The van der Waals surface area contributed by atoms with Gasteiger partial charge in [-0.05, 0) is 24.3 Å². The van der Waals surface area contributed by atoms with E-state index in [4.69, 9.17) is 14.4 Å². The van der Waals surface area contributed by atoms with Crippen molar-refractivity contribution in [2.24, 2.45) is 0 Å². The van der Waals surface area contributed by atoms with Gasteiger partial charge in [-0.3, -0.25) is 0 Å². The van der Waals surface area contributed by atoms with E-state index in [9.17, 15) is 4.79 Å². The van der Waals surface area contributed by atoms with Crippen LogP contribution in [-0.4, -0.2) is 21.2 Å². The van der Waals surface area contributed by atoms with Gasteiger partial charge in [0.25, 0.3) is 5.89 Å². The predicted molar refractivity (Wildman–Crippen MR) is 77.5 cm³/mol. The summed E-state index contributed by atoms with van der Waals surface area (Å²) < 4.78 is 10.6. The van der Waals surface area contributed by atoms with E-state index in [-0.39, 0.29) is 12.2 Å². The number of rotatable bonds is 5. The highest BCUT2D eigenvalue weighted by Crippen LogP contribution is 2.17. The first-order valence-corrected chi connectivity index (χ1v) is 6.56. The van der Waals surface area contributed by atoms with E-state index in [1.807, 2.05) is 30.3 Å². The molecular formula is C16H12N2O4. The molecule has 1 heterocycles. The van der Waals surface area contributed by atoms with Crippen LogP contribution in [0.3, 0.4) is 0 Å². The lowest BCUT2D eigenvalue weighted by Crippen LogP contribution is -1.96. The fraction of sp³-hybridized carbons (Fsp3) is 0.0625. The topological polar surface area (TPSA) is 85.5 Å². The molecule has 0 aliphatic heterocycles. The summed E-state index contributed by atoms with van der Waals surface area (Å²) in [5.74, 6) is 0.481. The van der Waals surface area contributed by atoms with Gasteiger partial charge >= 0.3 is 5.97 Å². The smallest absolute Gasteiger partial charge is 0.335 e. The van der Waals surface area contributed by atoms with E-state index in [0.717, 1.165) is 0 Å². The van der Waals surface area contributed by atoms with Crippen molar-refractivity contribution in [1.29, 1.82) is 0 Å². The Bertz CT molecular complexity index is 766. The number of aromatic carboxylic acids is 1. The van der Waals surface area contributed by atoms with Crippen LogP contribution in [0.4, 0.5) is 0 Å². The van der Waals surface area contributed by atoms with Crippen LogP contribution < -0.4 is 4.74 Å². The Morgan fingerprint density at radius 1 is 1.09 bits per heavy atom. The average molecular weight is 296 g/mol. The third-order valence-corrected chi connectivity index (χ3v) is 2.96. The number of aromatic nitrogens is 2. The Kier molecular flexibility index (Phi) is 3.82. The fourth-order valence-corrected chi connectivity index (χ4v) is 1.85. The van der Waals surface area contributed by atoms with E-state index >= 15 is 0 Å². The normalized spacial score (nSPS) is 10.4. The van der Waals surface area contributed by atoms with E-state index in [1.165, 1.54) is 12.1 Å². The number of carboxylic acids is 1. The molecule has 0 aliphatic rings. The molecule has 3 aromatic rings. The Morgan fingerprint density at radius 2 is 1.82 bits per heavy atom. The van der Waals surface area contributed by atoms with Crippen molar-refractivity contribution >= 4 is 5.97 Å². The van der Waals surface area contributed by atoms with Crippen LogP contribution in [0.2, 0.25) is 0 Å². The van der Waals surface area contributed by atoms with E-state index in [2.05, 4.69) is 10.1 Å². The standard InChI is InChI=1S/C16H12N2O4/c19-16(20)12-8-6-11(7-9-12)15-17-14(22-18-15)10-21-13-4-2-1-3-5-13/h1-9H,10H2,(H,19,20). The van der Waals surface area contributed by atoms with Crippen LogP contribution in [0.5, 0.6) is 5.75 Å². The molecule has 0 saturated carbocycles. The number of benzene rings is 2. The lowest BCUT2D eigenvalue weighted by molar-refractivity contribution is 0.0697. The van der Waals surface area contributed by atoms with Crippen molar-refractivity contribution in [3.05, 3.63) is 66.1 Å². The number of para-hydroxylation sites is 1. The second-order valence-corrected chi connectivity index (χ2v) is 4.50. The molecule has 22 heavy (non-hydrogen) atoms. The summed E-state index contributed by atoms with van der Waals surface area (Å²) in [7, 11) is 0. The zero-order valence-corrected chi connectivity index (χ0v) is 11.5. The number of carbonyl (C=O) groups is 1. The quantitative estimate of drug-likeness (QED) is 0.779. The zero-order valence-electron chi connectivity index (χ0n) is 11.5. The molecule has 0 bridgehead atoms. The Labute approximate surface area is 126 Å². The molecule has 3 rings (SSSR count). The van der Waals surface area contributed by atoms with Gasteiger partial charge in [-0.15, -0.1) is 0 Å². The fourth-order valence-electron chi connectivity index (χ4n) is 1.85. The maximum atomic E-state index is 10.8. The van der Waals surface area contributed by atoms with Gasteiger partial charge in [-0.1, -0.05) is 35.5 Å². The lowest BCUT2D eigenvalue weighted by atomic mass is 10.1. The summed E-state index contributed by atoms with van der Waals surface area (Å²) >= 11 is 0. The van der Waals surface area contributed by atoms with Gasteiger partial charge in [0, 0.05) is 5.56 Å². The summed E-state index contributed by atoms with van der Waals surface area (Å²) in [6.45, 7) is 0.171. The molecule has 0 saturated heterocycles. The predicted octanol–water partition coefficient (Wildman–Crippen LogP) is 3.01. The van der Waals surface area contributed by atoms with Crippen molar-refractivity contribution in [1.82, 2.24) is 10.1 Å². The van der Waals surface area contributed by atoms with Crippen molar-refractivity contribution in [3.63, 3.8) is 0 Å². The minimum atomic E-state index is -0.975. The molecule has 0 unspecified atom stereocenters. The maximum absolute atomic E-state index is 10.8. The van der Waals surface area contributed by atoms with Crippen LogP contribution in [0, 0.1) is 0 Å². The van der Waals surface area contributed by atoms with Crippen LogP contribution in [0.1, 0.15) is 16.2 Å². The van der Waals surface area contributed by atoms with Crippen LogP contribution in [-0.2, 0) is 6.61 Å². The van der Waals surface area contributed by atoms with Gasteiger partial charge in [0.2, 0.25) is 5.82 Å². The Balaban J connectivity index is 1.69. The van der Waals surface area contributed by atoms with Crippen LogP contribution in [0.25, 0.3) is 11.4 Å². The highest BCUT2D eigenvalue weighted by molar-refractivity contribution is 5.88. The molecule has 1 aromatic heterocycles. The van der Waals surface area contributed by atoms with Gasteiger partial charge in [-0.25, -0.2) is 4.79 Å². The van der Waals surface area contributed by atoms with Gasteiger partial charge in [0.05, 0.1) is 5.56 Å². The molecule has 0 radical (unpaired) electrons. The SMILES string of the molecule is O=C(O)c1ccc(-c2noc(COc3ccccc3)n2)cc1. The van der Waals surface area contributed by atoms with Crippen LogP contribution in [0.15, 0.2) is 59.1 Å². The molecule has 0 amide bonds. The highest BCUT2D eigenvalue weighted by atomic mass is 16.5. The molecule has 0 fully saturated rings. The summed E-state index contributed by atoms with van der Waals surface area (Å²) in [6.07, 6.45) is 0. The summed E-state index contributed by atoms with van der Waals surface area (Å²) in [6, 6.07) is 15.6. The molecule has 6 nitrogen and oxygen atoms in total. The Morgan fingerprint density at radius 3 is 2.50 bits per heavy atom. The van der Waals surface area contributed by atoms with Gasteiger partial charge in [-0.2, -0.15) is 4.98 Å². The summed E-state index contributed by atoms with van der Waals surface area (Å²) in [5.41, 5.74) is 0.889. The highest BCUT2D eigenvalue weighted by Gasteiger charge is 2.10. The van der Waals surface area contributed by atoms with E-state index < -0.39 is 5.97 Å². The first kappa shape index (κ1) is 13.8. The average Bonchev–Trinajstić information content (AvgIpc) is 3.03. The number of hydrogen-bond acceptors (Lipinski definition) is 5. The van der Waals surface area contributed by atoms with Crippen molar-refractivity contribution in [2.45, 2.75) is 6.61 Å². The van der Waals surface area contributed by atoms with Crippen molar-refractivity contribution < 1.29 is 19.2 Å². The molecule has 0 aliphatic carbocycles. The van der Waals surface area contributed by atoms with Crippen molar-refractivity contribution in [2.75, 3.05) is 0 Å². The number of ether oxygens (including phenoxy) is 1. The first-order chi connectivity index (χ1) is 10.7. The monoisotopic (exact) mass is 296 g/mol. The summed E-state index contributed by atoms with van der Waals surface area (Å²) in [4.78, 5) is 15.0. The molecule has 0 atom stereocenters. The summed E-state index contributed by atoms with van der Waals surface area (Å²) in [5, 5.41) is 12.7. The molecule has 0 spiro atoms. The van der Waals surface area contributed by atoms with Crippen molar-refractivity contribution in [3.8, 4) is 17.1 Å². The lowest BCUT2D eigenvalue weighted by Gasteiger charge is -2.01. The second kappa shape index (κ2) is 6.09. The third kappa shape index (κ3) is 3.12. The zero-order chi connectivity index (χ0) is 15.4. The minimum Gasteiger partial charge on any atom is -0.484 e. The molecule has 6 heteroatoms. The maximum Gasteiger partial charge on any atom is 0.335 e. The largest absolute Gasteiger partial charge is 0.484 e. The van der Waals surface area contributed by atoms with Gasteiger partial charge < -0.3 is 14.4 Å². The van der Waals surface area contributed by atoms with Crippen LogP contribution >= 0.6 is 0 Å². The Hall–Kier alpha value is -3.15. The second-order valence-electron chi connectivity index (χ2n) is 4.50. The van der Waals surface area contributed by atoms with Gasteiger partial charge in [0.15, 0.2) is 6.61 Å². The first-order valence-electron chi connectivity index (χ1n) is 6.56. The molecular weight excluding hydrogens is 284 g/mol. The molecule has 1 N–H and O–H groups in total.